The lowest BCUT2D eigenvalue weighted by Gasteiger charge is -2.35. The van der Waals surface area contributed by atoms with Crippen molar-refractivity contribution in [3.8, 4) is 10.4 Å². The number of aryl methyl sites for hydroxylation is 1. The van der Waals surface area contributed by atoms with Gasteiger partial charge in [-0.2, -0.15) is 0 Å². The van der Waals surface area contributed by atoms with E-state index in [0.717, 1.165) is 21.7 Å². The van der Waals surface area contributed by atoms with Crippen molar-refractivity contribution < 1.29 is 24.3 Å². The van der Waals surface area contributed by atoms with Crippen LogP contribution < -0.4 is 16.0 Å². The maximum atomic E-state index is 13.6. The van der Waals surface area contributed by atoms with E-state index in [1.165, 1.54) is 4.90 Å². The Bertz CT molecular complexity index is 1140. The molecule has 11 heteroatoms. The Morgan fingerprint density at radius 1 is 1.21 bits per heavy atom. The summed E-state index contributed by atoms with van der Waals surface area (Å²) < 4.78 is 0. The van der Waals surface area contributed by atoms with Gasteiger partial charge in [0.15, 0.2) is 0 Å². The second-order valence-corrected chi connectivity index (χ2v) is 11.5. The normalized spacial score (nSPS) is 18.9. The number of aliphatic hydroxyl groups is 1. The molecule has 4 atom stereocenters. The van der Waals surface area contributed by atoms with Gasteiger partial charge in [0.25, 0.3) is 0 Å². The number of rotatable bonds is 9. The summed E-state index contributed by atoms with van der Waals surface area (Å²) >= 11 is 1.57. The number of nitrogens with one attached hydrogen (secondary N) is 3. The van der Waals surface area contributed by atoms with Crippen molar-refractivity contribution in [1.29, 1.82) is 0 Å². The third-order valence-electron chi connectivity index (χ3n) is 6.58. The first-order valence-corrected chi connectivity index (χ1v) is 13.6. The van der Waals surface area contributed by atoms with Crippen molar-refractivity contribution in [2.45, 2.75) is 71.7 Å². The number of hydrogen-bond donors (Lipinski definition) is 4. The molecule has 1 aromatic carbocycles. The zero-order valence-corrected chi connectivity index (χ0v) is 23.3. The van der Waals surface area contributed by atoms with E-state index >= 15 is 0 Å². The van der Waals surface area contributed by atoms with Gasteiger partial charge in [0.1, 0.15) is 18.4 Å². The van der Waals surface area contributed by atoms with Gasteiger partial charge < -0.3 is 30.8 Å². The van der Waals surface area contributed by atoms with Crippen LogP contribution in [0.2, 0.25) is 0 Å². The second-order valence-electron chi connectivity index (χ2n) is 10.7. The van der Waals surface area contributed by atoms with Crippen LogP contribution >= 0.6 is 11.3 Å². The van der Waals surface area contributed by atoms with Crippen molar-refractivity contribution in [3.05, 3.63) is 41.0 Å². The topological polar surface area (TPSA) is 141 Å². The van der Waals surface area contributed by atoms with Crippen molar-refractivity contribution >= 4 is 35.5 Å². The van der Waals surface area contributed by atoms with Crippen LogP contribution in [0.15, 0.2) is 29.8 Å². The number of aromatic nitrogens is 1. The Balaban J connectivity index is 1.70. The zero-order chi connectivity index (χ0) is 28.0. The van der Waals surface area contributed by atoms with Crippen molar-refractivity contribution in [2.75, 3.05) is 13.1 Å². The molecule has 0 radical (unpaired) electrons. The molecule has 1 aromatic heterocycles. The zero-order valence-electron chi connectivity index (χ0n) is 22.5. The molecule has 4 amide bonds. The Hall–Kier alpha value is -3.31. The molecule has 38 heavy (non-hydrogen) atoms. The minimum absolute atomic E-state index is 0.00474. The number of aldehydes is 1. The van der Waals surface area contributed by atoms with E-state index in [0.29, 0.717) is 6.29 Å². The molecule has 1 aliphatic heterocycles. The Morgan fingerprint density at radius 2 is 1.89 bits per heavy atom. The number of carbonyl (C=O) groups excluding carboxylic acids is 4. The first kappa shape index (κ1) is 29.2. The number of urea groups is 1. The van der Waals surface area contributed by atoms with Crippen LogP contribution in [-0.4, -0.2) is 70.4 Å². The van der Waals surface area contributed by atoms with E-state index in [1.54, 1.807) is 11.3 Å². The third-order valence-corrected chi connectivity index (χ3v) is 7.56. The van der Waals surface area contributed by atoms with Gasteiger partial charge in [-0.25, -0.2) is 9.78 Å². The Labute approximate surface area is 227 Å². The van der Waals surface area contributed by atoms with Gasteiger partial charge in [-0.3, -0.25) is 9.59 Å². The first-order valence-electron chi connectivity index (χ1n) is 12.7. The number of aliphatic hydroxyl groups excluding tert-OH is 1. The molecule has 3 rings (SSSR count). The first-order chi connectivity index (χ1) is 17.9. The van der Waals surface area contributed by atoms with Gasteiger partial charge in [-0.1, -0.05) is 45.0 Å². The van der Waals surface area contributed by atoms with Crippen LogP contribution in [0.4, 0.5) is 4.79 Å². The molecule has 1 aliphatic rings. The number of likely N-dealkylation sites (tertiary alicyclic amines) is 1. The monoisotopic (exact) mass is 543 g/mol. The molecule has 206 valence electrons. The van der Waals surface area contributed by atoms with Crippen LogP contribution in [0.3, 0.4) is 0 Å². The predicted octanol–water partition coefficient (Wildman–Crippen LogP) is 2.56. The molecule has 2 heterocycles. The maximum Gasteiger partial charge on any atom is 0.315 e. The molecule has 0 spiro atoms. The summed E-state index contributed by atoms with van der Waals surface area (Å²) in [4.78, 5) is 56.5. The van der Waals surface area contributed by atoms with Crippen molar-refractivity contribution in [3.63, 3.8) is 0 Å². The van der Waals surface area contributed by atoms with Gasteiger partial charge >= 0.3 is 6.03 Å². The Kier molecular flexibility index (Phi) is 9.61. The lowest BCUT2D eigenvalue weighted by atomic mass is 9.85. The number of β-amino-alcohol motifs (C(OH)–C–C–N with tert-alkyl or cyclic N) is 1. The summed E-state index contributed by atoms with van der Waals surface area (Å²) in [6.07, 6.45) is 0.109. The number of nitrogens with zero attached hydrogens (tertiary/aromatic N) is 2. The quantitative estimate of drug-likeness (QED) is 0.283. The molecular weight excluding hydrogens is 506 g/mol. The highest BCUT2D eigenvalue weighted by Gasteiger charge is 2.44. The molecule has 0 bridgehead atoms. The average molecular weight is 544 g/mol. The highest BCUT2D eigenvalue weighted by atomic mass is 32.1. The van der Waals surface area contributed by atoms with E-state index in [1.807, 2.05) is 64.4 Å². The summed E-state index contributed by atoms with van der Waals surface area (Å²) in [6, 6.07) is 5.17. The smallest absolute Gasteiger partial charge is 0.315 e. The van der Waals surface area contributed by atoms with E-state index in [9.17, 15) is 24.3 Å². The number of carbonyl (C=O) groups is 4. The van der Waals surface area contributed by atoms with E-state index in [4.69, 9.17) is 0 Å². The van der Waals surface area contributed by atoms with Gasteiger partial charge in [-0.05, 0) is 30.4 Å². The molecule has 4 N–H and O–H groups in total. The van der Waals surface area contributed by atoms with Crippen LogP contribution in [0.1, 0.15) is 57.8 Å². The summed E-state index contributed by atoms with van der Waals surface area (Å²) in [6.45, 7) is 9.40. The van der Waals surface area contributed by atoms with Crippen LogP contribution in [-0.2, 0) is 14.4 Å². The molecule has 2 unspecified atom stereocenters. The summed E-state index contributed by atoms with van der Waals surface area (Å²) in [7, 11) is 0. The van der Waals surface area contributed by atoms with Gasteiger partial charge in [0, 0.05) is 25.9 Å². The maximum absolute atomic E-state index is 13.6. The van der Waals surface area contributed by atoms with Crippen LogP contribution in [0, 0.1) is 12.3 Å². The fraction of sp³-hybridized carbons (Fsp3) is 0.519. The number of thiazole rings is 1. The largest absolute Gasteiger partial charge is 0.391 e. The van der Waals surface area contributed by atoms with Gasteiger partial charge in [0.2, 0.25) is 11.8 Å². The molecule has 0 saturated carbocycles. The van der Waals surface area contributed by atoms with Gasteiger partial charge in [-0.15, -0.1) is 11.3 Å². The highest BCUT2D eigenvalue weighted by molar-refractivity contribution is 7.13. The summed E-state index contributed by atoms with van der Waals surface area (Å²) in [5, 5.41) is 18.6. The van der Waals surface area contributed by atoms with Crippen LogP contribution in [0.5, 0.6) is 0 Å². The van der Waals surface area contributed by atoms with E-state index in [2.05, 4.69) is 20.9 Å². The average Bonchev–Trinajstić information content (AvgIpc) is 3.47. The Morgan fingerprint density at radius 3 is 2.47 bits per heavy atom. The fourth-order valence-corrected chi connectivity index (χ4v) is 5.25. The van der Waals surface area contributed by atoms with Crippen molar-refractivity contribution in [2.24, 2.45) is 5.41 Å². The van der Waals surface area contributed by atoms with E-state index in [-0.39, 0.29) is 37.9 Å². The van der Waals surface area contributed by atoms with Crippen molar-refractivity contribution in [1.82, 2.24) is 25.8 Å². The van der Waals surface area contributed by atoms with E-state index < -0.39 is 35.5 Å². The molecule has 1 fully saturated rings. The standard InChI is InChI=1S/C27H37N5O5S/c1-16(18-7-9-19(10-8-18)22-17(2)29-15-38-22)30-24(35)21-13-20(34)14-32(21)25(36)23(27(3,4)5)31-26(37)28-11-6-12-33/h7-10,12,15-16,20-21,23,34H,6,11,13-14H2,1-5H3,(H,30,35)(H2,28,31,37)/t16?,20-,21+,23?/m1/s1. The predicted molar refractivity (Wildman–Crippen MR) is 145 cm³/mol. The molecule has 1 saturated heterocycles. The lowest BCUT2D eigenvalue weighted by molar-refractivity contribution is -0.142. The fourth-order valence-electron chi connectivity index (χ4n) is 4.44. The minimum Gasteiger partial charge on any atom is -0.391 e. The minimum atomic E-state index is -0.945. The highest BCUT2D eigenvalue weighted by Crippen LogP contribution is 2.29. The summed E-state index contributed by atoms with van der Waals surface area (Å²) in [5.41, 5.74) is 4.07. The molecule has 10 nitrogen and oxygen atoms in total. The lowest BCUT2D eigenvalue weighted by Crippen LogP contribution is -2.59. The molecule has 0 aliphatic carbocycles. The summed E-state index contributed by atoms with van der Waals surface area (Å²) in [5.74, 6) is -0.815. The second kappa shape index (κ2) is 12.5. The number of benzene rings is 1. The number of hydrogen-bond acceptors (Lipinski definition) is 7. The van der Waals surface area contributed by atoms with Crippen LogP contribution in [0.25, 0.3) is 10.4 Å². The molecule has 2 aromatic rings. The van der Waals surface area contributed by atoms with Gasteiger partial charge in [0.05, 0.1) is 28.2 Å². The third kappa shape index (κ3) is 7.16. The number of amides is 4. The molecular formula is C27H37N5O5S. The SMILES string of the molecule is Cc1ncsc1-c1ccc(C(C)NC(=O)[C@@H]2C[C@@H](O)CN2C(=O)C(NC(=O)NCCC=O)C(C)(C)C)cc1.